The SMILES string of the molecule is COc1ccc(C(=O)N2CCN(CC(=O)c3cnc4ncccn34)CC2)cc1. The Morgan fingerprint density at radius 2 is 1.82 bits per heavy atom. The molecule has 0 atom stereocenters. The Bertz CT molecular complexity index is 991. The van der Waals surface area contributed by atoms with Crippen molar-refractivity contribution >= 4 is 17.5 Å². The number of nitrogens with zero attached hydrogens (tertiary/aromatic N) is 5. The van der Waals surface area contributed by atoms with E-state index in [1.165, 1.54) is 0 Å². The highest BCUT2D eigenvalue weighted by atomic mass is 16.5. The van der Waals surface area contributed by atoms with E-state index < -0.39 is 0 Å². The Labute approximate surface area is 162 Å². The van der Waals surface area contributed by atoms with Crippen LogP contribution in [-0.4, -0.2) is 75.7 Å². The van der Waals surface area contributed by atoms with E-state index in [4.69, 9.17) is 4.74 Å². The fourth-order valence-corrected chi connectivity index (χ4v) is 3.34. The van der Waals surface area contributed by atoms with E-state index in [9.17, 15) is 9.59 Å². The molecule has 1 aliphatic rings. The van der Waals surface area contributed by atoms with Crippen molar-refractivity contribution < 1.29 is 14.3 Å². The van der Waals surface area contributed by atoms with Gasteiger partial charge in [-0.3, -0.25) is 18.9 Å². The average molecular weight is 379 g/mol. The first kappa shape index (κ1) is 18.1. The van der Waals surface area contributed by atoms with Crippen LogP contribution in [0.5, 0.6) is 5.75 Å². The van der Waals surface area contributed by atoms with Crippen molar-refractivity contribution in [2.24, 2.45) is 0 Å². The number of imidazole rings is 1. The Balaban J connectivity index is 1.34. The quantitative estimate of drug-likeness (QED) is 0.623. The van der Waals surface area contributed by atoms with Crippen LogP contribution in [0.4, 0.5) is 0 Å². The van der Waals surface area contributed by atoms with E-state index in [1.54, 1.807) is 60.4 Å². The van der Waals surface area contributed by atoms with Crippen LogP contribution in [0.15, 0.2) is 48.9 Å². The lowest BCUT2D eigenvalue weighted by atomic mass is 10.1. The van der Waals surface area contributed by atoms with Crippen molar-refractivity contribution in [2.45, 2.75) is 0 Å². The van der Waals surface area contributed by atoms with Gasteiger partial charge in [0.25, 0.3) is 5.91 Å². The van der Waals surface area contributed by atoms with Gasteiger partial charge in [0.1, 0.15) is 11.4 Å². The molecule has 0 spiro atoms. The van der Waals surface area contributed by atoms with Crippen molar-refractivity contribution in [1.82, 2.24) is 24.2 Å². The van der Waals surface area contributed by atoms with Gasteiger partial charge in [-0.15, -0.1) is 0 Å². The zero-order chi connectivity index (χ0) is 19.5. The fourth-order valence-electron chi connectivity index (χ4n) is 3.34. The van der Waals surface area contributed by atoms with Crippen LogP contribution >= 0.6 is 0 Å². The second-order valence-corrected chi connectivity index (χ2v) is 6.65. The van der Waals surface area contributed by atoms with Crippen molar-refractivity contribution in [3.05, 3.63) is 60.2 Å². The molecule has 0 N–H and O–H groups in total. The van der Waals surface area contributed by atoms with Gasteiger partial charge in [0, 0.05) is 44.1 Å². The van der Waals surface area contributed by atoms with E-state index in [2.05, 4.69) is 14.9 Å². The van der Waals surface area contributed by atoms with Gasteiger partial charge >= 0.3 is 0 Å². The molecule has 1 fully saturated rings. The molecule has 4 rings (SSSR count). The average Bonchev–Trinajstić information content (AvgIpc) is 3.18. The summed E-state index contributed by atoms with van der Waals surface area (Å²) >= 11 is 0. The van der Waals surface area contributed by atoms with Crippen molar-refractivity contribution in [3.8, 4) is 5.75 Å². The van der Waals surface area contributed by atoms with Gasteiger partial charge in [0.05, 0.1) is 19.9 Å². The summed E-state index contributed by atoms with van der Waals surface area (Å²) in [6.45, 7) is 2.79. The number of carbonyl (C=O) groups excluding carboxylic acids is 2. The summed E-state index contributed by atoms with van der Waals surface area (Å²) in [6, 6.07) is 8.89. The third kappa shape index (κ3) is 3.59. The van der Waals surface area contributed by atoms with Crippen molar-refractivity contribution in [1.29, 1.82) is 0 Å². The molecule has 1 saturated heterocycles. The van der Waals surface area contributed by atoms with E-state index in [-0.39, 0.29) is 11.7 Å². The summed E-state index contributed by atoms with van der Waals surface area (Å²) in [5.41, 5.74) is 1.17. The highest BCUT2D eigenvalue weighted by Gasteiger charge is 2.24. The molecule has 28 heavy (non-hydrogen) atoms. The first-order valence-electron chi connectivity index (χ1n) is 9.12. The van der Waals surface area contributed by atoms with Gasteiger partial charge in [0.2, 0.25) is 5.78 Å². The predicted octanol–water partition coefficient (Wildman–Crippen LogP) is 1.38. The molecule has 0 saturated carbocycles. The number of fused-ring (bicyclic) bond motifs is 1. The molecule has 144 valence electrons. The number of hydrogen-bond acceptors (Lipinski definition) is 6. The minimum atomic E-state index is -0.00423. The Hall–Kier alpha value is -3.26. The highest BCUT2D eigenvalue weighted by molar-refractivity contribution is 5.96. The normalized spacial score (nSPS) is 15.0. The minimum Gasteiger partial charge on any atom is -0.497 e. The number of amides is 1. The maximum Gasteiger partial charge on any atom is 0.253 e. The van der Waals surface area contributed by atoms with Crippen molar-refractivity contribution in [2.75, 3.05) is 39.8 Å². The van der Waals surface area contributed by atoms with E-state index >= 15 is 0 Å². The minimum absolute atomic E-state index is 0.00138. The second kappa shape index (κ2) is 7.77. The largest absolute Gasteiger partial charge is 0.497 e. The summed E-state index contributed by atoms with van der Waals surface area (Å²) in [7, 11) is 1.60. The van der Waals surface area contributed by atoms with Gasteiger partial charge in [-0.25, -0.2) is 9.97 Å². The third-order valence-corrected chi connectivity index (χ3v) is 4.94. The number of hydrogen-bond donors (Lipinski definition) is 0. The topological polar surface area (TPSA) is 80.0 Å². The summed E-state index contributed by atoms with van der Waals surface area (Å²) in [6.07, 6.45) is 5.00. The lowest BCUT2D eigenvalue weighted by Gasteiger charge is -2.34. The van der Waals surface area contributed by atoms with E-state index in [0.717, 1.165) is 5.75 Å². The number of methoxy groups -OCH3 is 1. The maximum atomic E-state index is 12.7. The number of rotatable bonds is 5. The van der Waals surface area contributed by atoms with Crippen LogP contribution in [0, 0.1) is 0 Å². The smallest absolute Gasteiger partial charge is 0.253 e. The molecular weight excluding hydrogens is 358 g/mol. The first-order chi connectivity index (χ1) is 13.7. The molecular formula is C20H21N5O3. The van der Waals surface area contributed by atoms with Gasteiger partial charge < -0.3 is 9.64 Å². The van der Waals surface area contributed by atoms with Crippen LogP contribution < -0.4 is 4.74 Å². The lowest BCUT2D eigenvalue weighted by molar-refractivity contribution is 0.0623. The first-order valence-corrected chi connectivity index (χ1v) is 9.12. The zero-order valence-corrected chi connectivity index (χ0v) is 15.6. The number of Topliss-reactive ketones (excluding diaryl/α,β-unsaturated/α-hetero) is 1. The third-order valence-electron chi connectivity index (χ3n) is 4.94. The van der Waals surface area contributed by atoms with Crippen LogP contribution in [0.25, 0.3) is 5.78 Å². The van der Waals surface area contributed by atoms with Gasteiger partial charge in [0.15, 0.2) is 5.78 Å². The van der Waals surface area contributed by atoms with E-state index in [0.29, 0.717) is 49.8 Å². The van der Waals surface area contributed by atoms with Gasteiger partial charge in [-0.2, -0.15) is 0 Å². The molecule has 1 aliphatic heterocycles. The molecule has 0 unspecified atom stereocenters. The van der Waals surface area contributed by atoms with Gasteiger partial charge in [-0.05, 0) is 30.3 Å². The van der Waals surface area contributed by atoms with Crippen LogP contribution in [-0.2, 0) is 0 Å². The van der Waals surface area contributed by atoms with Gasteiger partial charge in [-0.1, -0.05) is 0 Å². The summed E-state index contributed by atoms with van der Waals surface area (Å²) in [4.78, 5) is 37.5. The van der Waals surface area contributed by atoms with Crippen LogP contribution in [0.2, 0.25) is 0 Å². The molecule has 1 amide bonds. The molecule has 0 radical (unpaired) electrons. The molecule has 8 nitrogen and oxygen atoms in total. The summed E-state index contributed by atoms with van der Waals surface area (Å²) in [5.74, 6) is 1.24. The summed E-state index contributed by atoms with van der Waals surface area (Å²) < 4.78 is 6.83. The number of piperazine rings is 1. The number of benzene rings is 1. The van der Waals surface area contributed by atoms with E-state index in [1.807, 2.05) is 4.90 Å². The second-order valence-electron chi connectivity index (χ2n) is 6.65. The van der Waals surface area contributed by atoms with Crippen LogP contribution in [0.3, 0.4) is 0 Å². The molecule has 8 heteroatoms. The standard InChI is InChI=1S/C20H21N5O3/c1-28-16-5-3-15(4-6-16)19(27)24-11-9-23(10-12-24)14-18(26)17-13-22-20-21-7-2-8-25(17)20/h2-8,13H,9-12,14H2,1H3. The zero-order valence-electron chi connectivity index (χ0n) is 15.6. The molecule has 3 heterocycles. The molecule has 3 aromatic rings. The lowest BCUT2D eigenvalue weighted by Crippen LogP contribution is -2.50. The predicted molar refractivity (Wildman–Crippen MR) is 103 cm³/mol. The van der Waals surface area contributed by atoms with Crippen molar-refractivity contribution in [3.63, 3.8) is 0 Å². The number of aromatic nitrogens is 3. The number of ether oxygens (including phenoxy) is 1. The Kier molecular flexibility index (Phi) is 5.03. The molecule has 1 aromatic carbocycles. The highest BCUT2D eigenvalue weighted by Crippen LogP contribution is 2.15. The number of ketones is 1. The summed E-state index contributed by atoms with van der Waals surface area (Å²) in [5, 5.41) is 0. The Morgan fingerprint density at radius 1 is 1.07 bits per heavy atom. The number of carbonyl (C=O) groups is 2. The molecule has 0 aliphatic carbocycles. The molecule has 2 aromatic heterocycles. The Morgan fingerprint density at radius 3 is 2.54 bits per heavy atom. The maximum absolute atomic E-state index is 12.7. The fraction of sp³-hybridized carbons (Fsp3) is 0.300. The monoisotopic (exact) mass is 379 g/mol. The molecule has 0 bridgehead atoms. The van der Waals surface area contributed by atoms with Crippen LogP contribution in [0.1, 0.15) is 20.8 Å².